The lowest BCUT2D eigenvalue weighted by atomic mass is 10.1. The average Bonchev–Trinajstić information content (AvgIpc) is 3.10. The number of carbonyl (C=O) groups excluding carboxylic acids is 2. The van der Waals surface area contributed by atoms with Crippen LogP contribution in [0.4, 0.5) is 11.4 Å². The Labute approximate surface area is 233 Å². The molecular formula is C26H31Cl2N5O3S. The van der Waals surface area contributed by atoms with E-state index < -0.39 is 6.04 Å². The first-order chi connectivity index (χ1) is 17.8. The van der Waals surface area contributed by atoms with Crippen LogP contribution in [-0.2, 0) is 9.59 Å². The number of rotatable bonds is 9. The summed E-state index contributed by atoms with van der Waals surface area (Å²) in [6.45, 7) is 5.59. The standard InChI is InChI=1S/C26H31Cl2N5O3S/c1-30-12-14-31(15-13-30)10-3-11-32-22(17-24(34)29-19-6-4-18(27)5-7-19)25(35)33(26(32)37)20-8-9-23(36-2)21(28)16-20/h4-9,16,22H,3,10-15,17H2,1-2H3,(H,29,34)/t22-/m1/s1. The van der Waals surface area contributed by atoms with Gasteiger partial charge in [0.05, 0.1) is 24.2 Å². The molecule has 2 aromatic carbocycles. The third-order valence-corrected chi connectivity index (χ3v) is 7.65. The van der Waals surface area contributed by atoms with Crippen molar-refractivity contribution in [1.82, 2.24) is 14.7 Å². The Morgan fingerprint density at radius 2 is 1.78 bits per heavy atom. The molecule has 2 heterocycles. The predicted octanol–water partition coefficient (Wildman–Crippen LogP) is 3.97. The number of nitrogens with one attached hydrogen (secondary N) is 1. The Hall–Kier alpha value is -2.43. The van der Waals surface area contributed by atoms with Crippen molar-refractivity contribution in [2.45, 2.75) is 18.9 Å². The molecule has 11 heteroatoms. The molecular weight excluding hydrogens is 533 g/mol. The minimum absolute atomic E-state index is 0.0313. The van der Waals surface area contributed by atoms with Gasteiger partial charge in [-0.05, 0) is 74.7 Å². The van der Waals surface area contributed by atoms with E-state index in [0.29, 0.717) is 38.8 Å². The maximum Gasteiger partial charge on any atom is 0.256 e. The molecule has 0 unspecified atom stereocenters. The molecule has 2 amide bonds. The zero-order valence-corrected chi connectivity index (χ0v) is 23.3. The van der Waals surface area contributed by atoms with Crippen LogP contribution in [0, 0.1) is 0 Å². The first-order valence-electron chi connectivity index (χ1n) is 12.2. The summed E-state index contributed by atoms with van der Waals surface area (Å²) in [6.07, 6.45) is 0.792. The second kappa shape index (κ2) is 12.4. The highest BCUT2D eigenvalue weighted by molar-refractivity contribution is 7.80. The lowest BCUT2D eigenvalue weighted by molar-refractivity contribution is -0.124. The first kappa shape index (κ1) is 27.6. The van der Waals surface area contributed by atoms with Crippen LogP contribution in [0.15, 0.2) is 42.5 Å². The molecule has 0 radical (unpaired) electrons. The topological polar surface area (TPSA) is 68.4 Å². The molecule has 198 valence electrons. The summed E-state index contributed by atoms with van der Waals surface area (Å²) in [4.78, 5) is 34.7. The van der Waals surface area contributed by atoms with E-state index in [1.807, 2.05) is 4.90 Å². The molecule has 1 atom stereocenters. The van der Waals surface area contributed by atoms with Crippen molar-refractivity contribution >= 4 is 63.7 Å². The van der Waals surface area contributed by atoms with Gasteiger partial charge in [-0.15, -0.1) is 0 Å². The monoisotopic (exact) mass is 563 g/mol. The predicted molar refractivity (Wildman–Crippen MR) is 152 cm³/mol. The molecule has 2 aliphatic heterocycles. The smallest absolute Gasteiger partial charge is 0.256 e. The first-order valence-corrected chi connectivity index (χ1v) is 13.4. The number of halogens is 2. The summed E-state index contributed by atoms with van der Waals surface area (Å²) in [5.41, 5.74) is 1.16. The molecule has 2 fully saturated rings. The number of benzene rings is 2. The van der Waals surface area contributed by atoms with E-state index in [0.717, 1.165) is 39.1 Å². The van der Waals surface area contributed by atoms with Gasteiger partial charge in [-0.2, -0.15) is 0 Å². The number of anilines is 2. The van der Waals surface area contributed by atoms with Crippen molar-refractivity contribution in [2.75, 3.05) is 63.6 Å². The van der Waals surface area contributed by atoms with E-state index in [1.165, 1.54) is 12.0 Å². The van der Waals surface area contributed by atoms with Gasteiger partial charge in [-0.25, -0.2) is 0 Å². The zero-order valence-electron chi connectivity index (χ0n) is 21.0. The van der Waals surface area contributed by atoms with E-state index in [2.05, 4.69) is 22.2 Å². The van der Waals surface area contributed by atoms with Crippen molar-refractivity contribution in [1.29, 1.82) is 0 Å². The summed E-state index contributed by atoms with van der Waals surface area (Å²) in [6, 6.07) is 11.2. The Morgan fingerprint density at radius 3 is 2.43 bits per heavy atom. The van der Waals surface area contributed by atoms with Crippen molar-refractivity contribution < 1.29 is 14.3 Å². The van der Waals surface area contributed by atoms with Crippen LogP contribution in [0.2, 0.25) is 10.0 Å². The molecule has 0 spiro atoms. The van der Waals surface area contributed by atoms with Gasteiger partial charge >= 0.3 is 0 Å². The third-order valence-electron chi connectivity index (χ3n) is 6.69. The van der Waals surface area contributed by atoms with Crippen LogP contribution < -0.4 is 15.0 Å². The molecule has 8 nitrogen and oxygen atoms in total. The molecule has 0 aromatic heterocycles. The number of nitrogens with zero attached hydrogens (tertiary/aromatic N) is 4. The molecule has 1 N–H and O–H groups in total. The highest BCUT2D eigenvalue weighted by atomic mass is 35.5. The largest absolute Gasteiger partial charge is 0.495 e. The number of piperazine rings is 1. The number of thiocarbonyl (C=S) groups is 1. The van der Waals surface area contributed by atoms with Gasteiger partial charge in [0.1, 0.15) is 11.8 Å². The second-order valence-corrected chi connectivity index (χ2v) is 10.5. The minimum Gasteiger partial charge on any atom is -0.495 e. The Morgan fingerprint density at radius 1 is 1.08 bits per heavy atom. The fourth-order valence-electron chi connectivity index (χ4n) is 4.58. The van der Waals surface area contributed by atoms with Gasteiger partial charge in [0, 0.05) is 43.4 Å². The summed E-state index contributed by atoms with van der Waals surface area (Å²) in [5.74, 6) is -0.0230. The van der Waals surface area contributed by atoms with Crippen LogP contribution >= 0.6 is 35.4 Å². The van der Waals surface area contributed by atoms with E-state index in [9.17, 15) is 9.59 Å². The van der Waals surface area contributed by atoms with Crippen molar-refractivity contribution in [3.8, 4) is 5.75 Å². The Bertz CT molecular complexity index is 1140. The molecule has 37 heavy (non-hydrogen) atoms. The summed E-state index contributed by atoms with van der Waals surface area (Å²) < 4.78 is 5.24. The van der Waals surface area contributed by atoms with E-state index in [1.54, 1.807) is 42.5 Å². The lowest BCUT2D eigenvalue weighted by Crippen LogP contribution is -2.45. The number of hydrogen-bond acceptors (Lipinski definition) is 6. The highest BCUT2D eigenvalue weighted by Crippen LogP contribution is 2.33. The number of amides is 2. The Kier molecular flexibility index (Phi) is 9.26. The molecule has 4 rings (SSSR count). The van der Waals surface area contributed by atoms with Crippen LogP contribution in [0.25, 0.3) is 0 Å². The van der Waals surface area contributed by atoms with Crippen LogP contribution in [-0.4, -0.2) is 91.1 Å². The quantitative estimate of drug-likeness (QED) is 0.463. The second-order valence-electron chi connectivity index (χ2n) is 9.24. The summed E-state index contributed by atoms with van der Waals surface area (Å²) >= 11 is 18.1. The van der Waals surface area contributed by atoms with Gasteiger partial charge in [0.2, 0.25) is 5.91 Å². The molecule has 2 aromatic rings. The fraction of sp³-hybridized carbons (Fsp3) is 0.423. The summed E-state index contributed by atoms with van der Waals surface area (Å²) in [7, 11) is 3.66. The van der Waals surface area contributed by atoms with Gasteiger partial charge in [-0.3, -0.25) is 14.5 Å². The van der Waals surface area contributed by atoms with E-state index in [4.69, 9.17) is 40.2 Å². The molecule has 0 bridgehead atoms. The zero-order chi connectivity index (χ0) is 26.5. The fourth-order valence-corrected chi connectivity index (χ4v) is 5.37. The van der Waals surface area contributed by atoms with E-state index in [-0.39, 0.29) is 18.2 Å². The van der Waals surface area contributed by atoms with Gasteiger partial charge < -0.3 is 24.8 Å². The maximum absolute atomic E-state index is 13.6. The number of carbonyl (C=O) groups is 2. The number of methoxy groups -OCH3 is 1. The average molecular weight is 565 g/mol. The SMILES string of the molecule is COc1ccc(N2C(=O)[C@@H](CC(=O)Nc3ccc(Cl)cc3)N(CCCN3CCN(C)CC3)C2=S)cc1Cl. The van der Waals surface area contributed by atoms with Crippen LogP contribution in [0.1, 0.15) is 12.8 Å². The van der Waals surface area contributed by atoms with Crippen LogP contribution in [0.5, 0.6) is 5.75 Å². The number of ether oxygens (including phenoxy) is 1. The van der Waals surface area contributed by atoms with Crippen LogP contribution in [0.3, 0.4) is 0 Å². The highest BCUT2D eigenvalue weighted by Gasteiger charge is 2.44. The molecule has 0 aliphatic carbocycles. The maximum atomic E-state index is 13.6. The molecule has 2 aliphatic rings. The van der Waals surface area contributed by atoms with Crippen molar-refractivity contribution in [2.24, 2.45) is 0 Å². The molecule has 0 saturated carbocycles. The third kappa shape index (κ3) is 6.72. The Balaban J connectivity index is 1.49. The summed E-state index contributed by atoms with van der Waals surface area (Å²) in [5, 5.41) is 4.18. The lowest BCUT2D eigenvalue weighted by Gasteiger charge is -2.33. The number of hydrogen-bond donors (Lipinski definition) is 1. The normalized spacial score (nSPS) is 19.0. The van der Waals surface area contributed by atoms with Gasteiger partial charge in [0.15, 0.2) is 5.11 Å². The van der Waals surface area contributed by atoms with Gasteiger partial charge in [0.25, 0.3) is 5.91 Å². The van der Waals surface area contributed by atoms with Gasteiger partial charge in [-0.1, -0.05) is 23.2 Å². The van der Waals surface area contributed by atoms with Crippen molar-refractivity contribution in [3.63, 3.8) is 0 Å². The van der Waals surface area contributed by atoms with Crippen molar-refractivity contribution in [3.05, 3.63) is 52.5 Å². The minimum atomic E-state index is -0.715. The molecule has 2 saturated heterocycles. The number of likely N-dealkylation sites (N-methyl/N-ethyl adjacent to an activating group) is 1. The van der Waals surface area contributed by atoms with E-state index >= 15 is 0 Å².